The van der Waals surface area contributed by atoms with Crippen molar-refractivity contribution in [2.75, 3.05) is 31.3 Å². The molecule has 1 saturated heterocycles. The fourth-order valence-corrected chi connectivity index (χ4v) is 4.42. The van der Waals surface area contributed by atoms with E-state index in [0.717, 1.165) is 40.2 Å². The van der Waals surface area contributed by atoms with E-state index in [1.165, 1.54) is 12.8 Å². The number of amides is 1. The van der Waals surface area contributed by atoms with Crippen LogP contribution in [0.1, 0.15) is 32.3 Å². The monoisotopic (exact) mass is 455 g/mol. The molecule has 0 aromatic heterocycles. The number of carbonyl (C=O) groups is 1. The quantitative estimate of drug-likeness (QED) is 0.636. The van der Waals surface area contributed by atoms with Gasteiger partial charge in [-0.1, -0.05) is 22.9 Å². The second kappa shape index (κ2) is 8.67. The molecule has 0 bridgehead atoms. The third-order valence-corrected chi connectivity index (χ3v) is 5.92. The Hall–Kier alpha value is -2.18. The van der Waals surface area contributed by atoms with Crippen molar-refractivity contribution >= 4 is 38.9 Å². The van der Waals surface area contributed by atoms with Crippen LogP contribution in [0.25, 0.3) is 0 Å². The molecule has 0 radical (unpaired) electrons. The van der Waals surface area contributed by atoms with Gasteiger partial charge in [0.2, 0.25) is 0 Å². The Morgan fingerprint density at radius 3 is 2.72 bits per heavy atom. The molecular weight excluding hydrogens is 430 g/mol. The summed E-state index contributed by atoms with van der Waals surface area (Å²) in [5.41, 5.74) is 3.05. The summed E-state index contributed by atoms with van der Waals surface area (Å²) in [5, 5.41) is 0. The normalized spacial score (nSPS) is 20.9. The number of piperidine rings is 1. The Morgan fingerprint density at radius 2 is 2.00 bits per heavy atom. The summed E-state index contributed by atoms with van der Waals surface area (Å²) in [4.78, 5) is 22.3. The lowest BCUT2D eigenvalue weighted by atomic mass is 10.0. The largest absolute Gasteiger partial charge is 0.494 e. The van der Waals surface area contributed by atoms with Crippen molar-refractivity contribution in [3.8, 4) is 5.75 Å². The Kier molecular flexibility index (Phi) is 6.01. The Bertz CT molecular complexity index is 926. The molecule has 4 rings (SSSR count). The number of ether oxygens (including phenoxy) is 1. The average molecular weight is 456 g/mol. The van der Waals surface area contributed by atoms with Gasteiger partial charge in [-0.2, -0.15) is 0 Å². The molecule has 5 nitrogen and oxygen atoms in total. The number of hydrogen-bond donors (Lipinski definition) is 0. The number of rotatable bonds is 5. The lowest BCUT2D eigenvalue weighted by molar-refractivity contribution is -0.112. The molecule has 0 N–H and O–H groups in total. The van der Waals surface area contributed by atoms with Gasteiger partial charge in [0, 0.05) is 16.6 Å². The van der Waals surface area contributed by atoms with Gasteiger partial charge in [-0.05, 0) is 74.7 Å². The number of anilines is 1. The fraction of sp³-hybridized carbons (Fsp3) is 0.391. The van der Waals surface area contributed by atoms with Crippen LogP contribution in [0.15, 0.2) is 51.9 Å². The minimum absolute atomic E-state index is 0.0368. The maximum atomic E-state index is 13.3. The molecule has 0 saturated carbocycles. The van der Waals surface area contributed by atoms with E-state index >= 15 is 0 Å². The molecule has 1 unspecified atom stereocenters. The van der Waals surface area contributed by atoms with Crippen molar-refractivity contribution in [3.05, 3.63) is 52.5 Å². The first kappa shape index (κ1) is 20.1. The van der Waals surface area contributed by atoms with Crippen LogP contribution < -0.4 is 9.64 Å². The van der Waals surface area contributed by atoms with Crippen LogP contribution in [0.4, 0.5) is 11.4 Å². The van der Waals surface area contributed by atoms with Gasteiger partial charge in [0.1, 0.15) is 11.5 Å². The molecule has 152 valence electrons. The zero-order valence-electron chi connectivity index (χ0n) is 16.9. The number of hydrogen-bond acceptors (Lipinski definition) is 4. The van der Waals surface area contributed by atoms with Crippen LogP contribution in [0.3, 0.4) is 0 Å². The first-order valence-electron chi connectivity index (χ1n) is 10.2. The summed E-state index contributed by atoms with van der Waals surface area (Å²) in [6, 6.07) is 13.5. The molecule has 1 amide bonds. The average Bonchev–Trinajstić information content (AvgIpc) is 2.95. The number of fused-ring (bicyclic) bond motifs is 1. The predicted octanol–water partition coefficient (Wildman–Crippen LogP) is 5.00. The van der Waals surface area contributed by atoms with Crippen LogP contribution in [0, 0.1) is 5.92 Å². The molecule has 2 aliphatic rings. The summed E-state index contributed by atoms with van der Waals surface area (Å²) in [7, 11) is 0. The standard InChI is InChI=1S/C23H26BrN3O2/c1-3-29-19-9-7-18(8-10-19)25-22-20-13-17(24)6-11-21(20)27(23(22)28)15-26-12-4-5-16(2)14-26/h6-11,13,16H,3-5,12,14-15H2,1-2H3. The van der Waals surface area contributed by atoms with Crippen LogP contribution in [0.5, 0.6) is 5.75 Å². The van der Waals surface area contributed by atoms with Crippen molar-refractivity contribution in [2.24, 2.45) is 10.9 Å². The maximum Gasteiger partial charge on any atom is 0.278 e. The second-order valence-corrected chi connectivity index (χ2v) is 8.66. The van der Waals surface area contributed by atoms with Gasteiger partial charge in [-0.25, -0.2) is 4.99 Å². The van der Waals surface area contributed by atoms with Crippen molar-refractivity contribution < 1.29 is 9.53 Å². The molecule has 29 heavy (non-hydrogen) atoms. The highest BCUT2D eigenvalue weighted by Gasteiger charge is 2.35. The van der Waals surface area contributed by atoms with E-state index in [4.69, 9.17) is 9.73 Å². The maximum absolute atomic E-state index is 13.3. The van der Waals surface area contributed by atoms with Gasteiger partial charge < -0.3 is 4.74 Å². The zero-order valence-corrected chi connectivity index (χ0v) is 18.5. The number of benzene rings is 2. The molecule has 2 aromatic rings. The first-order valence-corrected chi connectivity index (χ1v) is 11.0. The fourth-order valence-electron chi connectivity index (χ4n) is 4.06. The summed E-state index contributed by atoms with van der Waals surface area (Å²) < 4.78 is 6.44. The third-order valence-electron chi connectivity index (χ3n) is 5.42. The second-order valence-electron chi connectivity index (χ2n) is 7.75. The highest BCUT2D eigenvalue weighted by molar-refractivity contribution is 9.10. The van der Waals surface area contributed by atoms with E-state index in [9.17, 15) is 4.79 Å². The van der Waals surface area contributed by atoms with E-state index in [1.54, 1.807) is 0 Å². The van der Waals surface area contributed by atoms with Crippen LogP contribution >= 0.6 is 15.9 Å². The predicted molar refractivity (Wildman–Crippen MR) is 120 cm³/mol. The molecule has 2 aromatic carbocycles. The number of halogens is 1. The van der Waals surface area contributed by atoms with E-state index in [2.05, 4.69) is 27.8 Å². The molecule has 1 atom stereocenters. The zero-order chi connectivity index (χ0) is 20.4. The van der Waals surface area contributed by atoms with E-state index in [-0.39, 0.29) is 5.91 Å². The third kappa shape index (κ3) is 4.38. The van der Waals surface area contributed by atoms with E-state index < -0.39 is 0 Å². The van der Waals surface area contributed by atoms with Crippen molar-refractivity contribution in [1.29, 1.82) is 0 Å². The van der Waals surface area contributed by atoms with Gasteiger partial charge in [0.05, 0.1) is 24.7 Å². The van der Waals surface area contributed by atoms with Gasteiger partial charge >= 0.3 is 0 Å². The first-order chi connectivity index (χ1) is 14.0. The van der Waals surface area contributed by atoms with Gasteiger partial charge in [0.15, 0.2) is 0 Å². The van der Waals surface area contributed by atoms with Crippen molar-refractivity contribution in [3.63, 3.8) is 0 Å². The highest BCUT2D eigenvalue weighted by Crippen LogP contribution is 2.34. The number of carbonyl (C=O) groups excluding carboxylic acids is 1. The smallest absolute Gasteiger partial charge is 0.278 e. The summed E-state index contributed by atoms with van der Waals surface area (Å²) in [5.74, 6) is 1.44. The molecule has 2 heterocycles. The summed E-state index contributed by atoms with van der Waals surface area (Å²) in [6.45, 7) is 7.53. The Balaban J connectivity index is 1.64. The minimum atomic E-state index is -0.0368. The topological polar surface area (TPSA) is 45.1 Å². The lowest BCUT2D eigenvalue weighted by Crippen LogP contribution is -2.45. The van der Waals surface area contributed by atoms with Crippen LogP contribution in [-0.2, 0) is 4.79 Å². The summed E-state index contributed by atoms with van der Waals surface area (Å²) in [6.07, 6.45) is 2.45. The lowest BCUT2D eigenvalue weighted by Gasteiger charge is -2.33. The van der Waals surface area contributed by atoms with E-state index in [0.29, 0.717) is 24.9 Å². The van der Waals surface area contributed by atoms with E-state index in [1.807, 2.05) is 54.3 Å². The summed E-state index contributed by atoms with van der Waals surface area (Å²) >= 11 is 3.54. The number of likely N-dealkylation sites (tertiary alicyclic amines) is 1. The van der Waals surface area contributed by atoms with Crippen molar-refractivity contribution in [1.82, 2.24) is 4.90 Å². The van der Waals surface area contributed by atoms with Crippen molar-refractivity contribution in [2.45, 2.75) is 26.7 Å². The van der Waals surface area contributed by atoms with Gasteiger partial charge in [-0.15, -0.1) is 0 Å². The minimum Gasteiger partial charge on any atom is -0.494 e. The number of aliphatic imine (C=N–C) groups is 1. The highest BCUT2D eigenvalue weighted by atomic mass is 79.9. The Morgan fingerprint density at radius 1 is 1.21 bits per heavy atom. The van der Waals surface area contributed by atoms with Gasteiger partial charge in [0.25, 0.3) is 5.91 Å². The van der Waals surface area contributed by atoms with Crippen LogP contribution in [0.2, 0.25) is 0 Å². The molecule has 1 fully saturated rings. The SMILES string of the molecule is CCOc1ccc(N=C2C(=O)N(CN3CCCC(C)C3)c3ccc(Br)cc32)cc1. The molecule has 0 spiro atoms. The van der Waals surface area contributed by atoms with Gasteiger partial charge in [-0.3, -0.25) is 14.6 Å². The molecule has 0 aliphatic carbocycles. The Labute approximate surface area is 180 Å². The van der Waals surface area contributed by atoms with Crippen LogP contribution in [-0.4, -0.2) is 42.9 Å². The number of nitrogens with zero attached hydrogens (tertiary/aromatic N) is 3. The molecule has 6 heteroatoms. The molecular formula is C23H26BrN3O2. The molecule has 2 aliphatic heterocycles.